The van der Waals surface area contributed by atoms with Crippen LogP contribution in [-0.4, -0.2) is 25.2 Å². The van der Waals surface area contributed by atoms with E-state index < -0.39 is 7.37 Å². The lowest BCUT2D eigenvalue weighted by Gasteiger charge is -2.25. The van der Waals surface area contributed by atoms with E-state index in [4.69, 9.17) is 9.26 Å². The second-order valence-electron chi connectivity index (χ2n) is 7.64. The molecule has 0 spiro atoms. The fraction of sp³-hybridized carbons (Fsp3) is 1.00. The minimum absolute atomic E-state index is 0.259. The van der Waals surface area contributed by atoms with Gasteiger partial charge in [-0.05, 0) is 26.2 Å². The van der Waals surface area contributed by atoms with Gasteiger partial charge in [-0.2, -0.15) is 0 Å². The van der Waals surface area contributed by atoms with Crippen molar-refractivity contribution in [1.82, 2.24) is 0 Å². The number of ether oxygens (including phenoxy) is 1. The largest absolute Gasteiger partial charge is 0.368 e. The summed E-state index contributed by atoms with van der Waals surface area (Å²) in [5.74, 6) is -0.259. The zero-order valence-electron chi connectivity index (χ0n) is 18.3. The maximum atomic E-state index is 13.4. The summed E-state index contributed by atoms with van der Waals surface area (Å²) in [6.07, 6.45) is 17.5. The summed E-state index contributed by atoms with van der Waals surface area (Å²) in [5.41, 5.74) is 0. The molecule has 0 aromatic rings. The Bertz CT molecular complexity index is 333. The Labute approximate surface area is 164 Å². The summed E-state index contributed by atoms with van der Waals surface area (Å²) in [5, 5.41) is 0. The Morgan fingerprint density at radius 1 is 0.654 bits per heavy atom. The molecule has 158 valence electrons. The smallest absolute Gasteiger partial charge is 0.230 e. The van der Waals surface area contributed by atoms with E-state index >= 15 is 0 Å². The summed E-state index contributed by atoms with van der Waals surface area (Å²) in [6.45, 7) is 9.90. The number of rotatable bonds is 20. The summed E-state index contributed by atoms with van der Waals surface area (Å²) >= 11 is 0. The van der Waals surface area contributed by atoms with Crippen LogP contribution < -0.4 is 0 Å². The lowest BCUT2D eigenvalue weighted by atomic mass is 10.1. The molecule has 0 heterocycles. The standard InChI is InChI=1S/C22H47O3P/c1-5-8-11-13-15-17-20-25-26(23,22(4)24-19-10-7-3)21-18-16-14-12-9-6-2/h22H,5-21H2,1-4H3. The summed E-state index contributed by atoms with van der Waals surface area (Å²) in [6, 6.07) is 0. The first-order chi connectivity index (χ1) is 12.6. The molecule has 0 radical (unpaired) electrons. The molecule has 26 heavy (non-hydrogen) atoms. The van der Waals surface area contributed by atoms with Crippen molar-refractivity contribution in [3.8, 4) is 0 Å². The first kappa shape index (κ1) is 26.1. The molecule has 3 nitrogen and oxygen atoms in total. The molecule has 0 aromatic carbocycles. The van der Waals surface area contributed by atoms with Crippen molar-refractivity contribution in [3.63, 3.8) is 0 Å². The average Bonchev–Trinajstić information content (AvgIpc) is 2.64. The molecular weight excluding hydrogens is 343 g/mol. The van der Waals surface area contributed by atoms with Gasteiger partial charge >= 0.3 is 0 Å². The van der Waals surface area contributed by atoms with Crippen LogP contribution in [0.4, 0.5) is 0 Å². The van der Waals surface area contributed by atoms with Crippen molar-refractivity contribution in [2.75, 3.05) is 19.4 Å². The van der Waals surface area contributed by atoms with E-state index in [0.29, 0.717) is 19.4 Å². The van der Waals surface area contributed by atoms with Gasteiger partial charge in [-0.25, -0.2) is 0 Å². The van der Waals surface area contributed by atoms with Gasteiger partial charge in [0.15, 0.2) is 0 Å². The van der Waals surface area contributed by atoms with E-state index in [2.05, 4.69) is 20.8 Å². The highest BCUT2D eigenvalue weighted by atomic mass is 31.2. The highest BCUT2D eigenvalue weighted by Crippen LogP contribution is 2.53. The molecule has 0 amide bonds. The van der Waals surface area contributed by atoms with Crippen LogP contribution in [0.25, 0.3) is 0 Å². The molecule has 0 saturated heterocycles. The van der Waals surface area contributed by atoms with E-state index in [9.17, 15) is 4.57 Å². The fourth-order valence-corrected chi connectivity index (χ4v) is 5.21. The zero-order chi connectivity index (χ0) is 19.5. The van der Waals surface area contributed by atoms with E-state index in [1.807, 2.05) is 6.92 Å². The summed E-state index contributed by atoms with van der Waals surface area (Å²) in [4.78, 5) is 0. The first-order valence-corrected chi connectivity index (χ1v) is 13.3. The minimum atomic E-state index is -2.69. The lowest BCUT2D eigenvalue weighted by molar-refractivity contribution is 0.0992. The van der Waals surface area contributed by atoms with Crippen LogP contribution in [0.3, 0.4) is 0 Å². The molecule has 0 aliphatic heterocycles. The molecule has 0 fully saturated rings. The van der Waals surface area contributed by atoms with Crippen molar-refractivity contribution >= 4 is 7.37 Å². The lowest BCUT2D eigenvalue weighted by Crippen LogP contribution is -2.15. The summed E-state index contributed by atoms with van der Waals surface area (Å²) < 4.78 is 25.2. The van der Waals surface area contributed by atoms with E-state index in [1.165, 1.54) is 57.8 Å². The predicted molar refractivity (Wildman–Crippen MR) is 115 cm³/mol. The zero-order valence-corrected chi connectivity index (χ0v) is 19.2. The maximum absolute atomic E-state index is 13.4. The van der Waals surface area contributed by atoms with Crippen molar-refractivity contribution in [3.05, 3.63) is 0 Å². The van der Waals surface area contributed by atoms with E-state index in [1.54, 1.807) is 0 Å². The molecule has 0 rings (SSSR count). The Kier molecular flexibility index (Phi) is 18.6. The van der Waals surface area contributed by atoms with Crippen molar-refractivity contribution < 1.29 is 13.8 Å². The Hall–Kier alpha value is 0.150. The number of unbranched alkanes of at least 4 members (excludes halogenated alkanes) is 11. The highest BCUT2D eigenvalue weighted by Gasteiger charge is 2.31. The van der Waals surface area contributed by atoms with Crippen LogP contribution in [0.2, 0.25) is 0 Å². The van der Waals surface area contributed by atoms with Gasteiger partial charge < -0.3 is 9.26 Å². The van der Waals surface area contributed by atoms with Crippen LogP contribution in [-0.2, 0) is 13.8 Å². The predicted octanol–water partition coefficient (Wildman–Crippen LogP) is 8.16. The molecule has 0 bridgehead atoms. The Morgan fingerprint density at radius 2 is 1.15 bits per heavy atom. The van der Waals surface area contributed by atoms with Crippen molar-refractivity contribution in [1.29, 1.82) is 0 Å². The van der Waals surface area contributed by atoms with Gasteiger partial charge in [-0.3, -0.25) is 4.57 Å². The van der Waals surface area contributed by atoms with Gasteiger partial charge in [0.05, 0.1) is 6.61 Å². The van der Waals surface area contributed by atoms with Crippen LogP contribution >= 0.6 is 7.37 Å². The quantitative estimate of drug-likeness (QED) is 0.155. The third kappa shape index (κ3) is 14.2. The monoisotopic (exact) mass is 390 g/mol. The SMILES string of the molecule is CCCCCCCCOP(=O)(CCCCCCCC)C(C)OCCCC. The second kappa shape index (κ2) is 18.5. The molecule has 0 aliphatic carbocycles. The minimum Gasteiger partial charge on any atom is -0.368 e. The fourth-order valence-electron chi connectivity index (χ4n) is 3.08. The number of hydrogen-bond donors (Lipinski definition) is 0. The van der Waals surface area contributed by atoms with E-state index in [-0.39, 0.29) is 5.85 Å². The van der Waals surface area contributed by atoms with Crippen LogP contribution in [0.5, 0.6) is 0 Å². The van der Waals surface area contributed by atoms with Gasteiger partial charge in [0.2, 0.25) is 7.37 Å². The Morgan fingerprint density at radius 3 is 1.73 bits per heavy atom. The molecule has 0 aliphatic rings. The Balaban J connectivity index is 4.23. The molecule has 2 atom stereocenters. The average molecular weight is 391 g/mol. The molecule has 4 heteroatoms. The third-order valence-electron chi connectivity index (χ3n) is 5.04. The van der Waals surface area contributed by atoms with Crippen LogP contribution in [0.15, 0.2) is 0 Å². The van der Waals surface area contributed by atoms with Gasteiger partial charge in [0.1, 0.15) is 5.85 Å². The molecule has 0 N–H and O–H groups in total. The van der Waals surface area contributed by atoms with Crippen LogP contribution in [0.1, 0.15) is 118 Å². The van der Waals surface area contributed by atoms with Gasteiger partial charge in [-0.15, -0.1) is 0 Å². The van der Waals surface area contributed by atoms with Crippen LogP contribution in [0, 0.1) is 0 Å². The van der Waals surface area contributed by atoms with Gasteiger partial charge in [0.25, 0.3) is 0 Å². The number of hydrogen-bond acceptors (Lipinski definition) is 3. The molecule has 0 saturated carbocycles. The highest BCUT2D eigenvalue weighted by molar-refractivity contribution is 7.59. The normalized spacial score (nSPS) is 15.1. The maximum Gasteiger partial charge on any atom is 0.230 e. The van der Waals surface area contributed by atoms with Crippen molar-refractivity contribution in [2.45, 2.75) is 123 Å². The summed E-state index contributed by atoms with van der Waals surface area (Å²) in [7, 11) is -2.69. The molecule has 2 unspecified atom stereocenters. The third-order valence-corrected chi connectivity index (χ3v) is 7.86. The molecular formula is C22H47O3P. The topological polar surface area (TPSA) is 35.5 Å². The van der Waals surface area contributed by atoms with Crippen molar-refractivity contribution in [2.24, 2.45) is 0 Å². The molecule has 0 aromatic heterocycles. The van der Waals surface area contributed by atoms with E-state index in [0.717, 1.165) is 32.1 Å². The van der Waals surface area contributed by atoms with Gasteiger partial charge in [-0.1, -0.05) is 91.4 Å². The second-order valence-corrected chi connectivity index (χ2v) is 10.5. The van der Waals surface area contributed by atoms with Gasteiger partial charge in [0, 0.05) is 12.8 Å². The first-order valence-electron chi connectivity index (χ1n) is 11.5.